The predicted molar refractivity (Wildman–Crippen MR) is 187 cm³/mol. The Hall–Kier alpha value is -3.65. The molecule has 1 aliphatic heterocycles. The second kappa shape index (κ2) is 19.1. The molecule has 4 rings (SSSR count). The lowest BCUT2D eigenvalue weighted by molar-refractivity contribution is -0.198. The maximum Gasteiger partial charge on any atom is 0.282 e. The van der Waals surface area contributed by atoms with Crippen LogP contribution in [0.1, 0.15) is 129 Å². The molecule has 280 valence electrons. The number of nitrogens with zero attached hydrogens (tertiary/aromatic N) is 3. The zero-order valence-electron chi connectivity index (χ0n) is 30.5. The number of aliphatic hydroxyl groups is 2. The molecule has 5 amide bonds. The first kappa shape index (κ1) is 40.8. The van der Waals surface area contributed by atoms with E-state index < -0.39 is 65.4 Å². The minimum absolute atomic E-state index is 0.0396. The van der Waals surface area contributed by atoms with Gasteiger partial charge in [-0.1, -0.05) is 86.0 Å². The van der Waals surface area contributed by atoms with Crippen LogP contribution in [-0.4, -0.2) is 97.7 Å². The predicted octanol–water partition coefficient (Wildman–Crippen LogP) is 2.34. The van der Waals surface area contributed by atoms with Crippen molar-refractivity contribution < 1.29 is 34.2 Å². The van der Waals surface area contributed by atoms with E-state index in [2.05, 4.69) is 31.2 Å². The minimum Gasteiger partial charge on any atom is -0.357 e. The quantitative estimate of drug-likeness (QED) is 0.157. The van der Waals surface area contributed by atoms with E-state index in [0.29, 0.717) is 19.3 Å². The van der Waals surface area contributed by atoms with Gasteiger partial charge in [0.1, 0.15) is 17.8 Å². The summed E-state index contributed by atoms with van der Waals surface area (Å²) in [5.41, 5.74) is -0.722. The molecule has 0 spiro atoms. The molecule has 4 atom stereocenters. The Morgan fingerprint density at radius 3 is 2.08 bits per heavy atom. The van der Waals surface area contributed by atoms with Crippen LogP contribution >= 0.6 is 0 Å². The van der Waals surface area contributed by atoms with E-state index in [1.54, 1.807) is 27.7 Å². The molecule has 0 aromatic carbocycles. The average Bonchev–Trinajstić information content (AvgIpc) is 3.82. The highest BCUT2D eigenvalue weighted by Gasteiger charge is 2.49. The molecule has 14 nitrogen and oxygen atoms in total. The molecule has 1 saturated heterocycles. The summed E-state index contributed by atoms with van der Waals surface area (Å²) < 4.78 is 0. The molecular formula is C36H59N7O7. The summed E-state index contributed by atoms with van der Waals surface area (Å²) in [4.78, 5) is 74.9. The first-order valence-electron chi connectivity index (χ1n) is 18.4. The maximum absolute atomic E-state index is 14.1. The first-order chi connectivity index (χ1) is 23.7. The van der Waals surface area contributed by atoms with Crippen molar-refractivity contribution in [2.24, 2.45) is 11.3 Å². The molecule has 1 aromatic heterocycles. The Balaban J connectivity index is 0.00000101. The number of likely N-dealkylation sites (tertiary alicyclic amines) is 1. The normalized spacial score (nSPS) is 20.4. The number of hydrogen-bond donors (Lipinski definition) is 6. The third-order valence-corrected chi connectivity index (χ3v) is 9.48. The lowest BCUT2D eigenvalue weighted by atomic mass is 9.85. The van der Waals surface area contributed by atoms with Gasteiger partial charge in [0.05, 0.1) is 18.8 Å². The Morgan fingerprint density at radius 2 is 1.56 bits per heavy atom. The lowest BCUT2D eigenvalue weighted by Gasteiger charge is -2.37. The van der Waals surface area contributed by atoms with Crippen LogP contribution in [0.15, 0.2) is 18.6 Å². The third-order valence-electron chi connectivity index (χ3n) is 9.48. The lowest BCUT2D eigenvalue weighted by Crippen LogP contribution is -2.64. The van der Waals surface area contributed by atoms with Crippen molar-refractivity contribution in [2.45, 2.75) is 148 Å². The summed E-state index contributed by atoms with van der Waals surface area (Å²) in [6, 6.07) is -3.39. The van der Waals surface area contributed by atoms with Gasteiger partial charge in [-0.3, -0.25) is 29.0 Å². The highest BCUT2D eigenvalue weighted by atomic mass is 16.5. The van der Waals surface area contributed by atoms with Gasteiger partial charge in [0.2, 0.25) is 17.7 Å². The van der Waals surface area contributed by atoms with Gasteiger partial charge in [-0.05, 0) is 43.4 Å². The van der Waals surface area contributed by atoms with E-state index in [1.807, 2.05) is 6.92 Å². The van der Waals surface area contributed by atoms with Crippen LogP contribution in [0.4, 0.5) is 0 Å². The van der Waals surface area contributed by atoms with Crippen molar-refractivity contribution in [3.8, 4) is 0 Å². The van der Waals surface area contributed by atoms with Gasteiger partial charge in [-0.2, -0.15) is 0 Å². The average molecular weight is 702 g/mol. The molecule has 0 radical (unpaired) electrons. The number of nitrogens with one attached hydrogen (secondary N) is 4. The zero-order chi connectivity index (χ0) is 36.9. The Bertz CT molecular complexity index is 1270. The van der Waals surface area contributed by atoms with Crippen molar-refractivity contribution in [2.75, 3.05) is 13.1 Å². The van der Waals surface area contributed by atoms with Crippen LogP contribution in [0.25, 0.3) is 0 Å². The van der Waals surface area contributed by atoms with Gasteiger partial charge in [-0.15, -0.1) is 0 Å². The number of carbonyl (C=O) groups is 5. The van der Waals surface area contributed by atoms with E-state index in [9.17, 15) is 34.2 Å². The van der Waals surface area contributed by atoms with E-state index in [4.69, 9.17) is 0 Å². The maximum atomic E-state index is 14.1. The molecule has 14 heteroatoms. The molecule has 3 aliphatic rings. The van der Waals surface area contributed by atoms with Crippen LogP contribution in [0.5, 0.6) is 0 Å². The monoisotopic (exact) mass is 701 g/mol. The highest BCUT2D eigenvalue weighted by molar-refractivity contribution is 5.97. The summed E-state index contributed by atoms with van der Waals surface area (Å²) in [5.74, 6) is -6.26. The fourth-order valence-electron chi connectivity index (χ4n) is 6.48. The molecule has 2 heterocycles. The largest absolute Gasteiger partial charge is 0.357 e. The third kappa shape index (κ3) is 12.0. The number of carbonyl (C=O) groups excluding carboxylic acids is 5. The second-order valence-corrected chi connectivity index (χ2v) is 14.9. The molecule has 0 bridgehead atoms. The Morgan fingerprint density at radius 1 is 0.920 bits per heavy atom. The standard InChI is InChI=1S/C30H47N7O7.C6H12/c1-6-8-18-12-15-37(23(18)26(40)35-21(9-7-2)30(43,44)28(42)34-19-10-11-19)27(41)24(29(3,4)5)36-22(38)17-33-25(39)20-16-31-13-14-32-20;1-2-4-6-5-3-1/h13-14,16,18-19,21,23-24,43-44H,6-12,15,17H2,1-5H3,(H,33,39)(H,34,42)(H,35,40)(H,36,38);1-6H2/t18-,21-,23-,24?;/m0./s1. The van der Waals surface area contributed by atoms with Gasteiger partial charge in [0.25, 0.3) is 17.6 Å². The van der Waals surface area contributed by atoms with E-state index >= 15 is 0 Å². The van der Waals surface area contributed by atoms with Gasteiger partial charge >= 0.3 is 0 Å². The number of hydrogen-bond acceptors (Lipinski definition) is 9. The fraction of sp³-hybridized carbons (Fsp3) is 0.750. The second-order valence-electron chi connectivity index (χ2n) is 14.9. The summed E-state index contributed by atoms with van der Waals surface area (Å²) in [7, 11) is 0. The molecule has 2 aliphatic carbocycles. The van der Waals surface area contributed by atoms with Crippen molar-refractivity contribution in [1.29, 1.82) is 0 Å². The molecular weight excluding hydrogens is 642 g/mol. The molecule has 1 unspecified atom stereocenters. The fourth-order valence-corrected chi connectivity index (χ4v) is 6.48. The molecule has 3 fully saturated rings. The molecule has 2 saturated carbocycles. The van der Waals surface area contributed by atoms with Gasteiger partial charge in [-0.25, -0.2) is 4.98 Å². The van der Waals surface area contributed by atoms with Crippen LogP contribution in [0.3, 0.4) is 0 Å². The summed E-state index contributed by atoms with van der Waals surface area (Å²) in [5, 5.41) is 32.1. The number of amides is 5. The van der Waals surface area contributed by atoms with Crippen molar-refractivity contribution in [3.63, 3.8) is 0 Å². The molecule has 50 heavy (non-hydrogen) atoms. The highest BCUT2D eigenvalue weighted by Crippen LogP contribution is 2.32. The zero-order valence-corrected chi connectivity index (χ0v) is 30.5. The number of aromatic nitrogens is 2. The molecule has 6 N–H and O–H groups in total. The van der Waals surface area contributed by atoms with Gasteiger partial charge < -0.3 is 36.4 Å². The SMILES string of the molecule is C1CCCCC1.CCC[C@H]1CCN(C(=O)C(NC(=O)CNC(=O)c2cnccn2)C(C)(C)C)[C@@H]1C(=O)N[C@@H](CCC)C(O)(O)C(=O)NC1CC1. The van der Waals surface area contributed by atoms with Crippen LogP contribution in [0, 0.1) is 11.3 Å². The summed E-state index contributed by atoms with van der Waals surface area (Å²) in [6.07, 6.45) is 17.1. The van der Waals surface area contributed by atoms with Crippen LogP contribution in [0.2, 0.25) is 0 Å². The van der Waals surface area contributed by atoms with Crippen molar-refractivity contribution in [1.82, 2.24) is 36.1 Å². The van der Waals surface area contributed by atoms with Crippen molar-refractivity contribution in [3.05, 3.63) is 24.3 Å². The molecule has 1 aromatic rings. The first-order valence-corrected chi connectivity index (χ1v) is 18.4. The van der Waals surface area contributed by atoms with Crippen molar-refractivity contribution >= 4 is 29.5 Å². The topological polar surface area (TPSA) is 203 Å². The number of rotatable bonds is 14. The van der Waals surface area contributed by atoms with Crippen LogP contribution < -0.4 is 21.3 Å². The Kier molecular flexibility index (Phi) is 15.6. The van der Waals surface area contributed by atoms with E-state index in [-0.39, 0.29) is 30.6 Å². The van der Waals surface area contributed by atoms with E-state index in [1.165, 1.54) is 62.0 Å². The smallest absolute Gasteiger partial charge is 0.282 e. The van der Waals surface area contributed by atoms with Crippen LogP contribution in [-0.2, 0) is 19.2 Å². The van der Waals surface area contributed by atoms with E-state index in [0.717, 1.165) is 19.3 Å². The summed E-state index contributed by atoms with van der Waals surface area (Å²) in [6.45, 7) is 8.97. The minimum atomic E-state index is -2.83. The Labute approximate surface area is 296 Å². The van der Waals surface area contributed by atoms with Gasteiger partial charge in [0.15, 0.2) is 0 Å². The van der Waals surface area contributed by atoms with Gasteiger partial charge in [0, 0.05) is 25.0 Å². The summed E-state index contributed by atoms with van der Waals surface area (Å²) >= 11 is 0.